The quantitative estimate of drug-likeness (QED) is 0.202. The Labute approximate surface area is 242 Å². The zero-order valence-corrected chi connectivity index (χ0v) is 22.8. The average Bonchev–Trinajstić information content (AvgIpc) is 3.33. The van der Waals surface area contributed by atoms with Gasteiger partial charge in [-0.2, -0.15) is 31.4 Å². The van der Waals surface area contributed by atoms with Gasteiger partial charge >= 0.3 is 18.0 Å². The van der Waals surface area contributed by atoms with Gasteiger partial charge < -0.3 is 9.64 Å². The summed E-state index contributed by atoms with van der Waals surface area (Å²) in [6.07, 6.45) is -5.94. The fourth-order valence-electron chi connectivity index (χ4n) is 4.62. The lowest BCUT2D eigenvalue weighted by Gasteiger charge is -2.30. The molecule has 16 heteroatoms. The molecule has 0 spiro atoms. The maximum Gasteiger partial charge on any atom is 0.435 e. The Hall–Kier alpha value is -2.61. The van der Waals surface area contributed by atoms with Crippen LogP contribution in [0.4, 0.5) is 30.7 Å². The van der Waals surface area contributed by atoms with Crippen molar-refractivity contribution in [2.45, 2.75) is 56.0 Å². The van der Waals surface area contributed by atoms with Crippen LogP contribution in [0.3, 0.4) is 0 Å². The molecule has 220 valence electrons. The molecule has 6 nitrogen and oxygen atoms in total. The van der Waals surface area contributed by atoms with Crippen LogP contribution in [-0.2, 0) is 10.4 Å². The summed E-state index contributed by atoms with van der Waals surface area (Å²) in [5.41, 5.74) is -7.03. The molecule has 1 saturated heterocycles. The molecule has 1 aliphatic carbocycles. The Balaban J connectivity index is 1.48. The van der Waals surface area contributed by atoms with E-state index >= 15 is 0 Å². The standard InChI is InChI=1S/C25H18Cl3F7N4O2/c26-17-7-14(23(29,24(30,31)32)25(33,34)35)8-18(27)20(17)38-11-13(10-37-38)12-6-16(21(28)36-9-12)22(40)39(15-3-4-15)19-2-1-5-41-19/h6-11,15,19H,1-5H2. The van der Waals surface area contributed by atoms with E-state index in [9.17, 15) is 35.5 Å². The number of nitrogens with zero attached hydrogens (tertiary/aromatic N) is 4. The van der Waals surface area contributed by atoms with Gasteiger partial charge in [0.1, 0.15) is 17.1 Å². The Morgan fingerprint density at radius 3 is 2.10 bits per heavy atom. The van der Waals surface area contributed by atoms with Gasteiger partial charge in [-0.05, 0) is 43.9 Å². The molecule has 1 atom stereocenters. The minimum Gasteiger partial charge on any atom is -0.358 e. The number of pyridine rings is 1. The van der Waals surface area contributed by atoms with Crippen LogP contribution in [-0.4, -0.2) is 56.8 Å². The highest BCUT2D eigenvalue weighted by Gasteiger charge is 2.73. The Morgan fingerprint density at radius 1 is 0.927 bits per heavy atom. The molecule has 0 radical (unpaired) electrons. The highest BCUT2D eigenvalue weighted by Crippen LogP contribution is 2.54. The number of halogens is 10. The number of carbonyl (C=O) groups excluding carboxylic acids is 1. The molecule has 3 aromatic rings. The number of carbonyl (C=O) groups is 1. The highest BCUT2D eigenvalue weighted by atomic mass is 35.5. The highest BCUT2D eigenvalue weighted by molar-refractivity contribution is 6.38. The second-order valence-corrected chi connectivity index (χ2v) is 10.8. The van der Waals surface area contributed by atoms with E-state index in [1.165, 1.54) is 24.7 Å². The third-order valence-corrected chi connectivity index (χ3v) is 7.68. The van der Waals surface area contributed by atoms with Crippen LogP contribution >= 0.6 is 34.8 Å². The molecule has 2 fully saturated rings. The van der Waals surface area contributed by atoms with E-state index in [1.807, 2.05) is 0 Å². The molecule has 0 N–H and O–H groups in total. The van der Waals surface area contributed by atoms with Crippen molar-refractivity contribution in [1.29, 1.82) is 0 Å². The lowest BCUT2D eigenvalue weighted by atomic mass is 9.94. The number of amides is 1. The fourth-order valence-corrected chi connectivity index (χ4v) is 5.47. The van der Waals surface area contributed by atoms with Crippen LogP contribution in [0.1, 0.15) is 41.6 Å². The van der Waals surface area contributed by atoms with Crippen molar-refractivity contribution in [3.63, 3.8) is 0 Å². The summed E-state index contributed by atoms with van der Waals surface area (Å²) in [7, 11) is 0. The van der Waals surface area contributed by atoms with Gasteiger partial charge in [-0.1, -0.05) is 34.8 Å². The number of alkyl halides is 7. The van der Waals surface area contributed by atoms with Gasteiger partial charge in [0.25, 0.3) is 5.91 Å². The van der Waals surface area contributed by atoms with Gasteiger partial charge in [-0.15, -0.1) is 0 Å². The summed E-state index contributed by atoms with van der Waals surface area (Å²) in [5, 5.41) is 2.55. The van der Waals surface area contributed by atoms with Gasteiger partial charge in [-0.3, -0.25) is 4.79 Å². The first kappa shape index (κ1) is 29.9. The minimum atomic E-state index is -6.34. The lowest BCUT2D eigenvalue weighted by molar-refractivity contribution is -0.348. The zero-order valence-electron chi connectivity index (χ0n) is 20.5. The first-order chi connectivity index (χ1) is 19.1. The molecule has 1 unspecified atom stereocenters. The number of hydrogen-bond acceptors (Lipinski definition) is 4. The van der Waals surface area contributed by atoms with Crippen molar-refractivity contribution >= 4 is 40.7 Å². The molecule has 0 bridgehead atoms. The van der Waals surface area contributed by atoms with E-state index in [2.05, 4.69) is 10.1 Å². The monoisotopic (exact) mass is 644 g/mol. The maximum atomic E-state index is 14.6. The van der Waals surface area contributed by atoms with Crippen molar-refractivity contribution in [3.05, 3.63) is 63.1 Å². The number of hydrogen-bond donors (Lipinski definition) is 0. The predicted octanol–water partition coefficient (Wildman–Crippen LogP) is 7.93. The number of rotatable bonds is 6. The lowest BCUT2D eigenvalue weighted by Crippen LogP contribution is -2.50. The third kappa shape index (κ3) is 5.37. The van der Waals surface area contributed by atoms with Crippen molar-refractivity contribution in [2.75, 3.05) is 6.61 Å². The molecule has 41 heavy (non-hydrogen) atoms. The first-order valence-corrected chi connectivity index (χ1v) is 13.2. The molecule has 1 amide bonds. The van der Waals surface area contributed by atoms with Gasteiger partial charge in [0.2, 0.25) is 0 Å². The summed E-state index contributed by atoms with van der Waals surface area (Å²) in [5.74, 6) is -0.364. The maximum absolute atomic E-state index is 14.6. The average molecular weight is 646 g/mol. The normalized spacial score (nSPS) is 18.1. The van der Waals surface area contributed by atoms with Crippen LogP contribution in [0.15, 0.2) is 36.8 Å². The van der Waals surface area contributed by atoms with E-state index in [0.29, 0.717) is 24.2 Å². The SMILES string of the molecule is O=C(c1cc(-c2cnn(-c3c(Cl)cc(C(F)(C(F)(F)F)C(F)(F)F)cc3Cl)c2)cnc1Cl)N(C1CC1)C1CCCO1. The molecule has 2 aromatic heterocycles. The predicted molar refractivity (Wildman–Crippen MR) is 135 cm³/mol. The van der Waals surface area contributed by atoms with Crippen LogP contribution < -0.4 is 0 Å². The van der Waals surface area contributed by atoms with Gasteiger partial charge in [0.15, 0.2) is 0 Å². The number of ether oxygens (including phenoxy) is 1. The van der Waals surface area contributed by atoms with E-state index in [4.69, 9.17) is 39.5 Å². The smallest absolute Gasteiger partial charge is 0.358 e. The minimum absolute atomic E-state index is 0.0260. The van der Waals surface area contributed by atoms with E-state index in [-0.39, 0.29) is 46.7 Å². The molecule has 1 aromatic carbocycles. The summed E-state index contributed by atoms with van der Waals surface area (Å²) in [4.78, 5) is 19.2. The second kappa shape index (κ2) is 10.6. The van der Waals surface area contributed by atoms with Gasteiger partial charge in [0, 0.05) is 41.7 Å². The van der Waals surface area contributed by atoms with E-state index in [1.54, 1.807) is 4.90 Å². The van der Waals surface area contributed by atoms with E-state index < -0.39 is 33.6 Å². The topological polar surface area (TPSA) is 60.2 Å². The molecule has 5 rings (SSSR count). The van der Waals surface area contributed by atoms with Crippen LogP contribution in [0.5, 0.6) is 0 Å². The van der Waals surface area contributed by atoms with Crippen LogP contribution in [0.2, 0.25) is 15.2 Å². The molecule has 3 heterocycles. The van der Waals surface area contributed by atoms with Crippen molar-refractivity contribution in [1.82, 2.24) is 19.7 Å². The first-order valence-electron chi connectivity index (χ1n) is 12.1. The zero-order chi connectivity index (χ0) is 29.9. The van der Waals surface area contributed by atoms with Crippen molar-refractivity contribution in [3.8, 4) is 16.8 Å². The second-order valence-electron chi connectivity index (χ2n) is 9.59. The number of benzene rings is 1. The van der Waals surface area contributed by atoms with Gasteiger partial charge in [-0.25, -0.2) is 14.1 Å². The number of aromatic nitrogens is 3. The van der Waals surface area contributed by atoms with Gasteiger partial charge in [0.05, 0.1) is 21.8 Å². The van der Waals surface area contributed by atoms with Crippen molar-refractivity contribution in [2.24, 2.45) is 0 Å². The molecule has 1 aliphatic heterocycles. The Morgan fingerprint density at radius 2 is 1.56 bits per heavy atom. The fraction of sp³-hybridized carbons (Fsp3) is 0.400. The van der Waals surface area contributed by atoms with Crippen LogP contribution in [0.25, 0.3) is 16.8 Å². The molecule has 2 aliphatic rings. The van der Waals surface area contributed by atoms with E-state index in [0.717, 1.165) is 23.9 Å². The molecular weight excluding hydrogens is 628 g/mol. The Bertz CT molecular complexity index is 1450. The summed E-state index contributed by atoms with van der Waals surface area (Å²) in [6.45, 7) is 0.539. The third-order valence-electron chi connectivity index (χ3n) is 6.80. The van der Waals surface area contributed by atoms with Crippen molar-refractivity contribution < 1.29 is 40.3 Å². The summed E-state index contributed by atoms with van der Waals surface area (Å²) >= 11 is 18.3. The van der Waals surface area contributed by atoms with Crippen LogP contribution in [0, 0.1) is 0 Å². The summed E-state index contributed by atoms with van der Waals surface area (Å²) in [6, 6.07) is 1.91. The largest absolute Gasteiger partial charge is 0.435 e. The summed E-state index contributed by atoms with van der Waals surface area (Å²) < 4.78 is 101. The molecule has 1 saturated carbocycles. The Kier molecular flexibility index (Phi) is 7.71. The molecular formula is C25H18Cl3F7N4O2.